The summed E-state index contributed by atoms with van der Waals surface area (Å²) in [7, 11) is 3.19. The SMILES string of the molecule is CCNC(=O)N(CCOC)CC(=O)N1N=C(c2cccc(OC)c2)CC1c1ccc(C)cc1. The van der Waals surface area contributed by atoms with Gasteiger partial charge >= 0.3 is 6.03 Å². The van der Waals surface area contributed by atoms with Crippen molar-refractivity contribution in [1.82, 2.24) is 15.2 Å². The summed E-state index contributed by atoms with van der Waals surface area (Å²) >= 11 is 0. The number of hydrogen-bond donors (Lipinski definition) is 1. The number of urea groups is 1. The van der Waals surface area contributed by atoms with Crippen molar-refractivity contribution >= 4 is 17.6 Å². The summed E-state index contributed by atoms with van der Waals surface area (Å²) in [5.41, 5.74) is 3.85. The first-order valence-corrected chi connectivity index (χ1v) is 11.1. The number of hydrogen-bond acceptors (Lipinski definition) is 5. The van der Waals surface area contributed by atoms with Gasteiger partial charge in [-0.25, -0.2) is 9.80 Å². The number of ether oxygens (including phenoxy) is 2. The van der Waals surface area contributed by atoms with Gasteiger partial charge in [0, 0.05) is 32.2 Å². The minimum absolute atomic E-state index is 0.0908. The fourth-order valence-electron chi connectivity index (χ4n) is 3.72. The Kier molecular flexibility index (Phi) is 8.43. The van der Waals surface area contributed by atoms with E-state index in [1.807, 2.05) is 62.4 Å². The number of methoxy groups -OCH3 is 2. The number of hydrazone groups is 1. The van der Waals surface area contributed by atoms with Crippen LogP contribution in [0.5, 0.6) is 5.75 Å². The summed E-state index contributed by atoms with van der Waals surface area (Å²) in [6.07, 6.45) is 0.571. The van der Waals surface area contributed by atoms with Crippen LogP contribution in [0.25, 0.3) is 0 Å². The standard InChI is InChI=1S/C25H32N4O4/c1-5-26-25(31)28(13-14-32-3)17-24(30)29-23(19-11-9-18(2)10-12-19)16-22(27-29)20-7-6-8-21(15-20)33-4/h6-12,15,23H,5,13-14,16-17H2,1-4H3,(H,26,31). The molecule has 8 nitrogen and oxygen atoms in total. The largest absolute Gasteiger partial charge is 0.497 e. The molecule has 0 spiro atoms. The second-order valence-corrected chi connectivity index (χ2v) is 7.90. The number of rotatable bonds is 9. The first-order chi connectivity index (χ1) is 16.0. The molecule has 1 heterocycles. The molecule has 0 fully saturated rings. The molecule has 8 heteroatoms. The van der Waals surface area contributed by atoms with Gasteiger partial charge in [-0.1, -0.05) is 42.0 Å². The Bertz CT molecular complexity index is 990. The van der Waals surface area contributed by atoms with E-state index in [0.717, 1.165) is 28.2 Å². The highest BCUT2D eigenvalue weighted by atomic mass is 16.5. The quantitative estimate of drug-likeness (QED) is 0.632. The van der Waals surface area contributed by atoms with Crippen molar-refractivity contribution in [3.63, 3.8) is 0 Å². The Balaban J connectivity index is 1.90. The minimum Gasteiger partial charge on any atom is -0.497 e. The normalized spacial score (nSPS) is 15.2. The number of carbonyl (C=O) groups is 2. The molecule has 33 heavy (non-hydrogen) atoms. The molecule has 1 N–H and O–H groups in total. The van der Waals surface area contributed by atoms with Crippen LogP contribution in [0.1, 0.15) is 36.1 Å². The Hall–Kier alpha value is -3.39. The molecule has 0 saturated heterocycles. The van der Waals surface area contributed by atoms with Gasteiger partial charge in [0.05, 0.1) is 25.5 Å². The maximum Gasteiger partial charge on any atom is 0.317 e. The van der Waals surface area contributed by atoms with Gasteiger partial charge in [0.15, 0.2) is 0 Å². The van der Waals surface area contributed by atoms with E-state index in [1.54, 1.807) is 14.2 Å². The highest BCUT2D eigenvalue weighted by Gasteiger charge is 2.34. The lowest BCUT2D eigenvalue weighted by Crippen LogP contribution is -2.47. The van der Waals surface area contributed by atoms with Gasteiger partial charge in [-0.2, -0.15) is 5.10 Å². The zero-order chi connectivity index (χ0) is 23.8. The number of amides is 3. The van der Waals surface area contributed by atoms with Crippen LogP contribution in [0.15, 0.2) is 53.6 Å². The molecule has 0 radical (unpaired) electrons. The molecule has 1 atom stereocenters. The summed E-state index contributed by atoms with van der Waals surface area (Å²) in [4.78, 5) is 27.4. The van der Waals surface area contributed by atoms with E-state index in [4.69, 9.17) is 14.6 Å². The van der Waals surface area contributed by atoms with Gasteiger partial charge < -0.3 is 19.7 Å². The number of nitrogens with one attached hydrogen (secondary N) is 1. The Morgan fingerprint density at radius 2 is 1.94 bits per heavy atom. The second kappa shape index (κ2) is 11.5. The summed E-state index contributed by atoms with van der Waals surface area (Å²) in [5.74, 6) is 0.481. The van der Waals surface area contributed by atoms with Gasteiger partial charge in [0.1, 0.15) is 12.3 Å². The summed E-state index contributed by atoms with van der Waals surface area (Å²) < 4.78 is 10.5. The summed E-state index contributed by atoms with van der Waals surface area (Å²) in [6, 6.07) is 15.2. The highest BCUT2D eigenvalue weighted by molar-refractivity contribution is 6.03. The van der Waals surface area contributed by atoms with E-state index in [-0.39, 0.29) is 24.5 Å². The van der Waals surface area contributed by atoms with Crippen LogP contribution in [-0.4, -0.2) is 68.0 Å². The number of nitrogens with zero attached hydrogens (tertiary/aromatic N) is 3. The monoisotopic (exact) mass is 452 g/mol. The molecule has 0 aliphatic carbocycles. The van der Waals surface area contributed by atoms with Gasteiger partial charge in [-0.3, -0.25) is 4.79 Å². The van der Waals surface area contributed by atoms with Crippen LogP contribution in [0.4, 0.5) is 4.79 Å². The molecule has 0 saturated carbocycles. The molecule has 0 aromatic heterocycles. The van der Waals surface area contributed by atoms with E-state index in [0.29, 0.717) is 26.1 Å². The average molecular weight is 453 g/mol. The predicted octanol–water partition coefficient (Wildman–Crippen LogP) is 3.36. The number of benzene rings is 2. The van der Waals surface area contributed by atoms with Crippen molar-refractivity contribution in [2.75, 3.05) is 40.5 Å². The van der Waals surface area contributed by atoms with Gasteiger partial charge in [0.2, 0.25) is 0 Å². The molecule has 3 rings (SSSR count). The Labute approximate surface area is 195 Å². The summed E-state index contributed by atoms with van der Waals surface area (Å²) in [5, 5.41) is 8.98. The van der Waals surface area contributed by atoms with Crippen LogP contribution in [0, 0.1) is 6.92 Å². The van der Waals surface area contributed by atoms with E-state index >= 15 is 0 Å². The molecule has 2 aromatic carbocycles. The predicted molar refractivity (Wildman–Crippen MR) is 127 cm³/mol. The lowest BCUT2D eigenvalue weighted by Gasteiger charge is -2.27. The third-order valence-corrected chi connectivity index (χ3v) is 5.54. The molecule has 0 bridgehead atoms. The lowest BCUT2D eigenvalue weighted by atomic mass is 9.97. The van der Waals surface area contributed by atoms with Crippen LogP contribution in [0.2, 0.25) is 0 Å². The first kappa shape index (κ1) is 24.3. The van der Waals surface area contributed by atoms with Crippen LogP contribution in [-0.2, 0) is 9.53 Å². The van der Waals surface area contributed by atoms with Crippen molar-refractivity contribution in [1.29, 1.82) is 0 Å². The Morgan fingerprint density at radius 3 is 2.61 bits per heavy atom. The molecule has 3 amide bonds. The molecule has 1 aliphatic rings. The lowest BCUT2D eigenvalue weighted by molar-refractivity contribution is -0.133. The zero-order valence-corrected chi connectivity index (χ0v) is 19.7. The van der Waals surface area contributed by atoms with Crippen molar-refractivity contribution < 1.29 is 19.1 Å². The van der Waals surface area contributed by atoms with Gasteiger partial charge in [0.25, 0.3) is 5.91 Å². The maximum absolute atomic E-state index is 13.4. The molecule has 1 aliphatic heterocycles. The second-order valence-electron chi connectivity index (χ2n) is 7.90. The average Bonchev–Trinajstić information content (AvgIpc) is 3.28. The van der Waals surface area contributed by atoms with E-state index in [9.17, 15) is 9.59 Å². The van der Waals surface area contributed by atoms with Gasteiger partial charge in [-0.05, 0) is 31.5 Å². The topological polar surface area (TPSA) is 83.5 Å². The van der Waals surface area contributed by atoms with E-state index in [1.165, 1.54) is 9.91 Å². The molecule has 1 unspecified atom stereocenters. The smallest absolute Gasteiger partial charge is 0.317 e. The fourth-order valence-corrected chi connectivity index (χ4v) is 3.72. The van der Waals surface area contributed by atoms with Crippen LogP contribution >= 0.6 is 0 Å². The molecular weight excluding hydrogens is 420 g/mol. The van der Waals surface area contributed by atoms with Crippen molar-refractivity contribution in [3.05, 3.63) is 65.2 Å². The Morgan fingerprint density at radius 1 is 1.18 bits per heavy atom. The number of carbonyl (C=O) groups excluding carboxylic acids is 2. The summed E-state index contributed by atoms with van der Waals surface area (Å²) in [6.45, 7) is 4.90. The molecular formula is C25H32N4O4. The third-order valence-electron chi connectivity index (χ3n) is 5.54. The zero-order valence-electron chi connectivity index (χ0n) is 19.7. The minimum atomic E-state index is -0.300. The van der Waals surface area contributed by atoms with Crippen molar-refractivity contribution in [3.8, 4) is 5.75 Å². The van der Waals surface area contributed by atoms with Crippen molar-refractivity contribution in [2.24, 2.45) is 5.10 Å². The number of aryl methyl sites for hydroxylation is 1. The maximum atomic E-state index is 13.4. The molecule has 2 aromatic rings. The van der Waals surface area contributed by atoms with E-state index in [2.05, 4.69) is 5.32 Å². The van der Waals surface area contributed by atoms with Crippen LogP contribution < -0.4 is 10.1 Å². The van der Waals surface area contributed by atoms with E-state index < -0.39 is 0 Å². The first-order valence-electron chi connectivity index (χ1n) is 11.1. The highest BCUT2D eigenvalue weighted by Crippen LogP contribution is 2.33. The molecule has 176 valence electrons. The van der Waals surface area contributed by atoms with Crippen molar-refractivity contribution in [2.45, 2.75) is 26.3 Å². The van der Waals surface area contributed by atoms with Crippen LogP contribution in [0.3, 0.4) is 0 Å². The fraction of sp³-hybridized carbons (Fsp3) is 0.400. The van der Waals surface area contributed by atoms with Gasteiger partial charge in [-0.15, -0.1) is 0 Å². The third kappa shape index (κ3) is 6.10.